The Kier molecular flexibility index (Phi) is 6.90. The molecule has 5 nitrogen and oxygen atoms in total. The first-order valence-electron chi connectivity index (χ1n) is 7.08. The number of rotatable bonds is 6. The monoisotopic (exact) mass is 347 g/mol. The van der Waals surface area contributed by atoms with Gasteiger partial charge in [0.2, 0.25) is 11.8 Å². The lowest BCUT2D eigenvalue weighted by Gasteiger charge is -2.18. The Morgan fingerprint density at radius 1 is 1.35 bits per heavy atom. The Hall–Kier alpha value is -1.73. The molecule has 1 aromatic carbocycles. The van der Waals surface area contributed by atoms with Crippen molar-refractivity contribution in [1.29, 1.82) is 0 Å². The van der Waals surface area contributed by atoms with Gasteiger partial charge in [0.25, 0.3) is 5.92 Å². The molecule has 128 valence electrons. The summed E-state index contributed by atoms with van der Waals surface area (Å²) in [5, 5.41) is 2.17. The Labute approximate surface area is 139 Å². The van der Waals surface area contributed by atoms with Crippen LogP contribution in [-0.4, -0.2) is 42.3 Å². The van der Waals surface area contributed by atoms with Gasteiger partial charge in [0.15, 0.2) is 0 Å². The second kappa shape index (κ2) is 8.21. The molecule has 1 heterocycles. The van der Waals surface area contributed by atoms with Gasteiger partial charge in [-0.05, 0) is 5.56 Å². The lowest BCUT2D eigenvalue weighted by molar-refractivity contribution is -0.129. The number of carbonyl (C=O) groups is 2. The fraction of sp³-hybridized carbons (Fsp3) is 0.467. The molecule has 1 saturated heterocycles. The van der Waals surface area contributed by atoms with E-state index in [2.05, 4.69) is 5.32 Å². The fourth-order valence-corrected chi connectivity index (χ4v) is 2.34. The van der Waals surface area contributed by atoms with Crippen molar-refractivity contribution in [2.24, 2.45) is 11.7 Å². The van der Waals surface area contributed by atoms with Gasteiger partial charge >= 0.3 is 0 Å². The highest BCUT2D eigenvalue weighted by molar-refractivity contribution is 5.89. The first kappa shape index (κ1) is 19.3. The van der Waals surface area contributed by atoms with Crippen LogP contribution in [0, 0.1) is 5.92 Å². The van der Waals surface area contributed by atoms with Crippen molar-refractivity contribution in [2.75, 3.05) is 19.6 Å². The molecular formula is C15H20ClF2N3O2. The first-order chi connectivity index (χ1) is 10.4. The minimum atomic E-state index is -3.12. The summed E-state index contributed by atoms with van der Waals surface area (Å²) in [6.07, 6.45) is 0.0485. The molecule has 1 aliphatic heterocycles. The summed E-state index contributed by atoms with van der Waals surface area (Å²) in [4.78, 5) is 25.4. The number of halogens is 3. The number of hydrogen-bond donors (Lipinski definition) is 2. The fourth-order valence-electron chi connectivity index (χ4n) is 2.34. The van der Waals surface area contributed by atoms with Crippen LogP contribution < -0.4 is 11.1 Å². The SMILES string of the molecule is Cl.NCC(F)(F)CNC(=O)C1CC(=O)N(Cc2ccccc2)C1. The van der Waals surface area contributed by atoms with Gasteiger partial charge in [-0.3, -0.25) is 9.59 Å². The Bertz CT molecular complexity index is 543. The summed E-state index contributed by atoms with van der Waals surface area (Å²) in [5.41, 5.74) is 5.88. The molecule has 8 heteroatoms. The maximum atomic E-state index is 13.0. The van der Waals surface area contributed by atoms with Crippen LogP contribution in [0.4, 0.5) is 8.78 Å². The summed E-state index contributed by atoms with van der Waals surface area (Å²) in [7, 11) is 0. The number of alkyl halides is 2. The van der Waals surface area contributed by atoms with Crippen molar-refractivity contribution >= 4 is 24.2 Å². The molecule has 0 bridgehead atoms. The zero-order valence-corrected chi connectivity index (χ0v) is 13.3. The van der Waals surface area contributed by atoms with E-state index in [9.17, 15) is 18.4 Å². The second-order valence-corrected chi connectivity index (χ2v) is 5.44. The topological polar surface area (TPSA) is 75.4 Å². The van der Waals surface area contributed by atoms with E-state index in [0.717, 1.165) is 5.56 Å². The Morgan fingerprint density at radius 3 is 2.61 bits per heavy atom. The maximum absolute atomic E-state index is 13.0. The predicted molar refractivity (Wildman–Crippen MR) is 84.2 cm³/mol. The van der Waals surface area contributed by atoms with Gasteiger partial charge in [0, 0.05) is 19.5 Å². The third-order valence-corrected chi connectivity index (χ3v) is 3.62. The summed E-state index contributed by atoms with van der Waals surface area (Å²) in [5.74, 6) is -4.39. The average molecular weight is 348 g/mol. The van der Waals surface area contributed by atoms with E-state index in [-0.39, 0.29) is 31.3 Å². The predicted octanol–water partition coefficient (Wildman–Crippen LogP) is 1.17. The number of benzene rings is 1. The minimum absolute atomic E-state index is 0. The molecule has 1 aliphatic rings. The van der Waals surface area contributed by atoms with Gasteiger partial charge in [-0.15, -0.1) is 12.4 Å². The van der Waals surface area contributed by atoms with Crippen molar-refractivity contribution in [1.82, 2.24) is 10.2 Å². The van der Waals surface area contributed by atoms with Crippen LogP contribution in [0.15, 0.2) is 30.3 Å². The molecule has 1 unspecified atom stereocenters. The summed E-state index contributed by atoms with van der Waals surface area (Å²) < 4.78 is 26.0. The smallest absolute Gasteiger partial charge is 0.277 e. The largest absolute Gasteiger partial charge is 0.350 e. The Morgan fingerprint density at radius 2 is 2.00 bits per heavy atom. The Balaban J connectivity index is 0.00000264. The van der Waals surface area contributed by atoms with Gasteiger partial charge in [-0.1, -0.05) is 30.3 Å². The van der Waals surface area contributed by atoms with Crippen molar-refractivity contribution in [3.8, 4) is 0 Å². The van der Waals surface area contributed by atoms with Gasteiger partial charge in [0.05, 0.1) is 19.0 Å². The lowest BCUT2D eigenvalue weighted by Crippen LogP contribution is -2.43. The van der Waals surface area contributed by atoms with Crippen LogP contribution >= 0.6 is 12.4 Å². The number of likely N-dealkylation sites (tertiary alicyclic amines) is 1. The van der Waals surface area contributed by atoms with E-state index in [1.807, 2.05) is 30.3 Å². The summed E-state index contributed by atoms with van der Waals surface area (Å²) >= 11 is 0. The van der Waals surface area contributed by atoms with E-state index in [1.165, 1.54) is 0 Å². The molecule has 0 spiro atoms. The van der Waals surface area contributed by atoms with Crippen molar-refractivity contribution in [2.45, 2.75) is 18.9 Å². The molecule has 1 atom stereocenters. The molecule has 1 aromatic rings. The standard InChI is InChI=1S/C15H19F2N3O2.ClH/c16-15(17,9-18)10-19-14(22)12-6-13(21)20(8-12)7-11-4-2-1-3-5-11;/h1-5,12H,6-10,18H2,(H,19,22);1H. The molecule has 0 aromatic heterocycles. The molecule has 3 N–H and O–H groups in total. The molecular weight excluding hydrogens is 328 g/mol. The first-order valence-corrected chi connectivity index (χ1v) is 7.08. The summed E-state index contributed by atoms with van der Waals surface area (Å²) in [6, 6.07) is 9.40. The van der Waals surface area contributed by atoms with Gasteiger partial charge in [-0.25, -0.2) is 8.78 Å². The van der Waals surface area contributed by atoms with Crippen molar-refractivity contribution < 1.29 is 18.4 Å². The number of carbonyl (C=O) groups excluding carboxylic acids is 2. The van der Waals surface area contributed by atoms with Crippen LogP contribution in [0.3, 0.4) is 0 Å². The minimum Gasteiger partial charge on any atom is -0.350 e. The number of nitrogens with two attached hydrogens (primary N) is 1. The van der Waals surface area contributed by atoms with Gasteiger partial charge in [0.1, 0.15) is 0 Å². The molecule has 2 amide bonds. The third kappa shape index (κ3) is 5.44. The lowest BCUT2D eigenvalue weighted by atomic mass is 10.1. The number of nitrogens with one attached hydrogen (secondary N) is 1. The van der Waals surface area contributed by atoms with Crippen molar-refractivity contribution in [3.05, 3.63) is 35.9 Å². The van der Waals surface area contributed by atoms with Crippen LogP contribution in [-0.2, 0) is 16.1 Å². The van der Waals surface area contributed by atoms with Crippen LogP contribution in [0.25, 0.3) is 0 Å². The number of hydrogen-bond acceptors (Lipinski definition) is 3. The normalized spacial score (nSPS) is 17.8. The zero-order valence-electron chi connectivity index (χ0n) is 12.5. The summed E-state index contributed by atoms with van der Waals surface area (Å²) in [6.45, 7) is -0.959. The average Bonchev–Trinajstić information content (AvgIpc) is 2.87. The zero-order chi connectivity index (χ0) is 16.2. The highest BCUT2D eigenvalue weighted by atomic mass is 35.5. The van der Waals surface area contributed by atoms with Crippen LogP contribution in [0.2, 0.25) is 0 Å². The number of nitrogens with zero attached hydrogens (tertiary/aromatic N) is 1. The van der Waals surface area contributed by atoms with E-state index in [0.29, 0.717) is 6.54 Å². The van der Waals surface area contributed by atoms with Gasteiger partial charge < -0.3 is 16.0 Å². The van der Waals surface area contributed by atoms with Crippen LogP contribution in [0.1, 0.15) is 12.0 Å². The molecule has 0 aliphatic carbocycles. The molecule has 1 fully saturated rings. The molecule has 2 rings (SSSR count). The van der Waals surface area contributed by atoms with E-state index < -0.39 is 30.8 Å². The highest BCUT2D eigenvalue weighted by Gasteiger charge is 2.35. The van der Waals surface area contributed by atoms with E-state index in [1.54, 1.807) is 4.90 Å². The maximum Gasteiger partial charge on any atom is 0.277 e. The number of amides is 2. The van der Waals surface area contributed by atoms with Crippen molar-refractivity contribution in [3.63, 3.8) is 0 Å². The van der Waals surface area contributed by atoms with Crippen LogP contribution in [0.5, 0.6) is 0 Å². The molecule has 0 radical (unpaired) electrons. The quantitative estimate of drug-likeness (QED) is 0.811. The second-order valence-electron chi connectivity index (χ2n) is 5.44. The highest BCUT2D eigenvalue weighted by Crippen LogP contribution is 2.20. The third-order valence-electron chi connectivity index (χ3n) is 3.62. The van der Waals surface area contributed by atoms with E-state index in [4.69, 9.17) is 5.73 Å². The molecule has 0 saturated carbocycles. The van der Waals surface area contributed by atoms with E-state index >= 15 is 0 Å². The molecule has 23 heavy (non-hydrogen) atoms. The van der Waals surface area contributed by atoms with Gasteiger partial charge in [-0.2, -0.15) is 0 Å².